The summed E-state index contributed by atoms with van der Waals surface area (Å²) < 4.78 is 26.2. The fraction of sp³-hybridized carbons (Fsp3) is 0.111. The number of amides is 1. The van der Waals surface area contributed by atoms with Crippen molar-refractivity contribution in [3.8, 4) is 6.07 Å². The van der Waals surface area contributed by atoms with E-state index in [4.69, 9.17) is 5.26 Å². The molecule has 0 bridgehead atoms. The van der Waals surface area contributed by atoms with E-state index in [9.17, 15) is 23.7 Å². The summed E-state index contributed by atoms with van der Waals surface area (Å²) in [6.07, 6.45) is -0.631. The van der Waals surface area contributed by atoms with Gasteiger partial charge in [-0.3, -0.25) is 14.9 Å². The first-order valence-corrected chi connectivity index (χ1v) is 5.16. The van der Waals surface area contributed by atoms with E-state index in [1.165, 1.54) is 6.07 Å². The third-order valence-corrected chi connectivity index (χ3v) is 2.42. The van der Waals surface area contributed by atoms with Crippen LogP contribution in [-0.4, -0.2) is 10.8 Å². The number of halogens is 3. The Morgan fingerprint density at radius 2 is 2.17 bits per heavy atom. The van der Waals surface area contributed by atoms with Crippen molar-refractivity contribution in [1.29, 1.82) is 5.26 Å². The summed E-state index contributed by atoms with van der Waals surface area (Å²) in [6.45, 7) is 0. The van der Waals surface area contributed by atoms with Crippen molar-refractivity contribution in [3.05, 3.63) is 32.3 Å². The van der Waals surface area contributed by atoms with E-state index in [1.54, 1.807) is 5.32 Å². The van der Waals surface area contributed by atoms with Gasteiger partial charge in [-0.2, -0.15) is 5.26 Å². The van der Waals surface area contributed by atoms with Crippen molar-refractivity contribution >= 4 is 33.2 Å². The molecule has 94 valence electrons. The van der Waals surface area contributed by atoms with Crippen LogP contribution in [0.25, 0.3) is 0 Å². The van der Waals surface area contributed by atoms with Gasteiger partial charge >= 0.3 is 0 Å². The number of carbonyl (C=O) groups excluding carboxylic acids is 1. The monoisotopic (exact) mass is 319 g/mol. The molecule has 18 heavy (non-hydrogen) atoms. The third kappa shape index (κ3) is 2.78. The van der Waals surface area contributed by atoms with E-state index in [1.807, 2.05) is 0 Å². The first-order chi connectivity index (χ1) is 8.38. The molecule has 0 saturated carbocycles. The molecule has 0 spiro atoms. The predicted molar refractivity (Wildman–Crippen MR) is 59.6 cm³/mol. The number of nitro benzene ring substituents is 1. The second kappa shape index (κ2) is 5.50. The predicted octanol–water partition coefficient (Wildman–Crippen LogP) is 2.49. The van der Waals surface area contributed by atoms with Crippen molar-refractivity contribution < 1.29 is 18.5 Å². The Morgan fingerprint density at radius 1 is 1.56 bits per heavy atom. The molecular weight excluding hydrogens is 316 g/mol. The number of nitrogens with zero attached hydrogens (tertiary/aromatic N) is 2. The molecule has 1 rings (SSSR count). The number of rotatable bonds is 3. The maximum absolute atomic E-state index is 13.5. The van der Waals surface area contributed by atoms with Gasteiger partial charge in [-0.15, -0.1) is 0 Å². The van der Waals surface area contributed by atoms with Crippen LogP contribution in [0.5, 0.6) is 0 Å². The molecule has 0 fully saturated rings. The molecule has 1 amide bonds. The molecule has 0 aliphatic heterocycles. The summed E-state index contributed by atoms with van der Waals surface area (Å²) in [5, 5.41) is 20.7. The Labute approximate surface area is 107 Å². The quantitative estimate of drug-likeness (QED) is 0.526. The standard InChI is InChI=1S/C9H4BrF2N3O3/c10-4-3-5(15(17)18)9(8(12)7(4)11)14-6(16)1-2-13/h3H,1H2,(H,14,16). The highest BCUT2D eigenvalue weighted by Gasteiger charge is 2.25. The van der Waals surface area contributed by atoms with Gasteiger partial charge < -0.3 is 5.32 Å². The lowest BCUT2D eigenvalue weighted by Crippen LogP contribution is -2.14. The van der Waals surface area contributed by atoms with Gasteiger partial charge in [-0.25, -0.2) is 8.78 Å². The molecular formula is C9H4BrF2N3O3. The topological polar surface area (TPSA) is 96.0 Å². The normalized spacial score (nSPS) is 9.67. The Kier molecular flexibility index (Phi) is 4.28. The van der Waals surface area contributed by atoms with E-state index in [-0.39, 0.29) is 0 Å². The number of anilines is 1. The van der Waals surface area contributed by atoms with Gasteiger partial charge in [0.05, 0.1) is 15.5 Å². The minimum absolute atomic E-state index is 0.440. The first kappa shape index (κ1) is 14.0. The van der Waals surface area contributed by atoms with Gasteiger partial charge in [-0.1, -0.05) is 0 Å². The number of carbonyl (C=O) groups is 1. The first-order valence-electron chi connectivity index (χ1n) is 4.37. The molecule has 0 atom stereocenters. The lowest BCUT2D eigenvalue weighted by atomic mass is 10.2. The molecule has 1 aromatic carbocycles. The minimum atomic E-state index is -1.57. The van der Waals surface area contributed by atoms with Crippen molar-refractivity contribution in [3.63, 3.8) is 0 Å². The van der Waals surface area contributed by atoms with Crippen LogP contribution in [0.15, 0.2) is 10.5 Å². The number of nitriles is 1. The van der Waals surface area contributed by atoms with E-state index >= 15 is 0 Å². The molecule has 1 N–H and O–H groups in total. The van der Waals surface area contributed by atoms with Crippen LogP contribution >= 0.6 is 15.9 Å². The number of hydrogen-bond donors (Lipinski definition) is 1. The van der Waals surface area contributed by atoms with Gasteiger partial charge in [0.2, 0.25) is 5.91 Å². The minimum Gasteiger partial charge on any atom is -0.317 e. The molecule has 0 radical (unpaired) electrons. The molecule has 0 aliphatic carbocycles. The van der Waals surface area contributed by atoms with Crippen molar-refractivity contribution in [2.75, 3.05) is 5.32 Å². The highest BCUT2D eigenvalue weighted by atomic mass is 79.9. The fourth-order valence-corrected chi connectivity index (χ4v) is 1.49. The molecule has 9 heteroatoms. The lowest BCUT2D eigenvalue weighted by Gasteiger charge is -2.07. The Balaban J connectivity index is 3.32. The third-order valence-electron chi connectivity index (χ3n) is 1.84. The smallest absolute Gasteiger partial charge is 0.297 e. The zero-order valence-corrected chi connectivity index (χ0v) is 10.1. The molecule has 6 nitrogen and oxygen atoms in total. The van der Waals surface area contributed by atoms with Crippen LogP contribution in [0, 0.1) is 33.1 Å². The fourth-order valence-electron chi connectivity index (χ4n) is 1.10. The molecule has 0 heterocycles. The van der Waals surface area contributed by atoms with Crippen LogP contribution in [0.2, 0.25) is 0 Å². The second-order valence-corrected chi connectivity index (χ2v) is 3.87. The summed E-state index contributed by atoms with van der Waals surface area (Å²) in [5.74, 6) is -3.91. The molecule has 0 aliphatic rings. The summed E-state index contributed by atoms with van der Waals surface area (Å²) in [7, 11) is 0. The van der Waals surface area contributed by atoms with Gasteiger partial charge in [0.1, 0.15) is 6.42 Å². The Hall–Kier alpha value is -2.08. The van der Waals surface area contributed by atoms with Gasteiger partial charge in [-0.05, 0) is 15.9 Å². The highest BCUT2D eigenvalue weighted by Crippen LogP contribution is 2.34. The highest BCUT2D eigenvalue weighted by molar-refractivity contribution is 9.10. The zero-order chi connectivity index (χ0) is 13.9. The number of benzene rings is 1. The summed E-state index contributed by atoms with van der Waals surface area (Å²) >= 11 is 2.61. The molecule has 0 unspecified atom stereocenters. The lowest BCUT2D eigenvalue weighted by molar-refractivity contribution is -0.384. The van der Waals surface area contributed by atoms with Crippen LogP contribution in [0.1, 0.15) is 6.42 Å². The number of nitro groups is 1. The van der Waals surface area contributed by atoms with E-state index in [0.717, 1.165) is 6.07 Å². The van der Waals surface area contributed by atoms with Crippen LogP contribution in [0.4, 0.5) is 20.2 Å². The second-order valence-electron chi connectivity index (χ2n) is 3.02. The van der Waals surface area contributed by atoms with Crippen molar-refractivity contribution in [1.82, 2.24) is 0 Å². The molecule has 0 aromatic heterocycles. The van der Waals surface area contributed by atoms with Gasteiger partial charge in [0, 0.05) is 6.07 Å². The van der Waals surface area contributed by atoms with Crippen molar-refractivity contribution in [2.45, 2.75) is 6.42 Å². The van der Waals surface area contributed by atoms with Gasteiger partial charge in [0.25, 0.3) is 5.69 Å². The molecule has 0 saturated heterocycles. The van der Waals surface area contributed by atoms with Gasteiger partial charge in [0.15, 0.2) is 17.3 Å². The van der Waals surface area contributed by atoms with Crippen molar-refractivity contribution in [2.24, 2.45) is 0 Å². The SMILES string of the molecule is N#CCC(=O)Nc1c([N+](=O)[O-])cc(Br)c(F)c1F. The van der Waals surface area contributed by atoms with Crippen LogP contribution < -0.4 is 5.32 Å². The van der Waals surface area contributed by atoms with Crippen LogP contribution in [-0.2, 0) is 4.79 Å². The molecule has 1 aromatic rings. The summed E-state index contributed by atoms with van der Waals surface area (Å²) in [6, 6.07) is 2.20. The summed E-state index contributed by atoms with van der Waals surface area (Å²) in [4.78, 5) is 20.8. The maximum atomic E-state index is 13.5. The average Bonchev–Trinajstić information content (AvgIpc) is 2.29. The summed E-state index contributed by atoms with van der Waals surface area (Å²) in [5.41, 5.74) is -1.71. The maximum Gasteiger partial charge on any atom is 0.297 e. The number of hydrogen-bond acceptors (Lipinski definition) is 4. The Morgan fingerprint density at radius 3 is 2.67 bits per heavy atom. The zero-order valence-electron chi connectivity index (χ0n) is 8.54. The largest absolute Gasteiger partial charge is 0.317 e. The van der Waals surface area contributed by atoms with E-state index in [2.05, 4.69) is 15.9 Å². The van der Waals surface area contributed by atoms with Crippen LogP contribution in [0.3, 0.4) is 0 Å². The average molecular weight is 320 g/mol. The number of nitrogens with one attached hydrogen (secondary N) is 1. The van der Waals surface area contributed by atoms with E-state index < -0.39 is 44.7 Å². The van der Waals surface area contributed by atoms with E-state index in [0.29, 0.717) is 0 Å². The Bertz CT molecular complexity index is 571.